The van der Waals surface area contributed by atoms with Gasteiger partial charge in [-0.2, -0.15) is 5.10 Å². The van der Waals surface area contributed by atoms with Crippen LogP contribution in [0.5, 0.6) is 0 Å². The number of aromatic amines is 1. The van der Waals surface area contributed by atoms with Crippen LogP contribution in [-0.4, -0.2) is 26.1 Å². The first-order chi connectivity index (χ1) is 7.25. The molecule has 0 bridgehead atoms. The van der Waals surface area contributed by atoms with Gasteiger partial charge in [0, 0.05) is 18.0 Å². The Kier molecular flexibility index (Phi) is 2.40. The molecule has 2 rings (SSSR count). The number of hydrogen-bond acceptors (Lipinski definition) is 4. The van der Waals surface area contributed by atoms with Crippen LogP contribution in [-0.2, 0) is 11.2 Å². The lowest BCUT2D eigenvalue weighted by atomic mass is 10.3. The number of nitrogens with zero attached hydrogens (tertiary/aromatic N) is 3. The Balaban J connectivity index is 2.24. The fraction of sp³-hybridized carbons (Fsp3) is 0.111. The van der Waals surface area contributed by atoms with Crippen molar-refractivity contribution in [2.45, 2.75) is 6.42 Å². The van der Waals surface area contributed by atoms with Crippen LogP contribution in [0.25, 0.3) is 11.4 Å². The van der Waals surface area contributed by atoms with Crippen molar-refractivity contribution in [3.8, 4) is 11.4 Å². The maximum atomic E-state index is 10.6. The summed E-state index contributed by atoms with van der Waals surface area (Å²) in [5.74, 6) is 0.532. The summed E-state index contributed by atoms with van der Waals surface area (Å²) in [6.45, 7) is 0. The van der Waals surface area contributed by atoms with E-state index in [2.05, 4.69) is 20.2 Å². The van der Waals surface area contributed by atoms with Crippen LogP contribution in [0.15, 0.2) is 24.5 Å². The van der Waals surface area contributed by atoms with E-state index in [0.717, 1.165) is 5.56 Å². The first kappa shape index (κ1) is 9.32. The monoisotopic (exact) mass is 203 g/mol. The predicted molar refractivity (Wildman–Crippen MR) is 52.5 cm³/mol. The molecule has 2 heterocycles. The number of nitrogens with two attached hydrogens (primary N) is 1. The zero-order chi connectivity index (χ0) is 10.7. The largest absolute Gasteiger partial charge is 0.369 e. The lowest BCUT2D eigenvalue weighted by molar-refractivity contribution is -0.117. The molecule has 2 aromatic heterocycles. The van der Waals surface area contributed by atoms with E-state index in [1.165, 1.54) is 0 Å². The smallest absolute Gasteiger partial charge is 0.225 e. The van der Waals surface area contributed by atoms with E-state index >= 15 is 0 Å². The summed E-state index contributed by atoms with van der Waals surface area (Å²) in [5.41, 5.74) is 5.83. The van der Waals surface area contributed by atoms with Gasteiger partial charge >= 0.3 is 0 Å². The molecule has 1 amide bonds. The third kappa shape index (κ3) is 2.16. The van der Waals surface area contributed by atoms with Gasteiger partial charge in [-0.1, -0.05) is 0 Å². The van der Waals surface area contributed by atoms with E-state index in [0.29, 0.717) is 11.6 Å². The molecular formula is C9H9N5O. The minimum atomic E-state index is -0.441. The summed E-state index contributed by atoms with van der Waals surface area (Å²) in [6.07, 6.45) is 3.38. The normalized spacial score (nSPS) is 10.1. The number of pyridine rings is 1. The lowest BCUT2D eigenvalue weighted by Gasteiger charge is -1.91. The first-order valence-corrected chi connectivity index (χ1v) is 4.35. The molecule has 0 unspecified atom stereocenters. The van der Waals surface area contributed by atoms with Crippen molar-refractivity contribution in [1.82, 2.24) is 20.2 Å². The predicted octanol–water partition coefficient (Wildman–Crippen LogP) is -0.105. The van der Waals surface area contributed by atoms with Crippen LogP contribution in [0.1, 0.15) is 5.82 Å². The number of aromatic nitrogens is 4. The summed E-state index contributed by atoms with van der Waals surface area (Å²) in [7, 11) is 0. The van der Waals surface area contributed by atoms with E-state index in [-0.39, 0.29) is 6.42 Å². The number of carbonyl (C=O) groups excluding carboxylic acids is 1. The fourth-order valence-electron chi connectivity index (χ4n) is 1.16. The van der Waals surface area contributed by atoms with Crippen molar-refractivity contribution in [1.29, 1.82) is 0 Å². The SMILES string of the molecule is NC(=O)Cc1nc(-c2cccnc2)n[nH]1. The molecule has 0 aromatic carbocycles. The van der Waals surface area contributed by atoms with Crippen LogP contribution in [0.3, 0.4) is 0 Å². The molecule has 76 valence electrons. The number of carbonyl (C=O) groups is 1. The third-order valence-electron chi connectivity index (χ3n) is 1.79. The molecule has 15 heavy (non-hydrogen) atoms. The van der Waals surface area contributed by atoms with Gasteiger partial charge in [0.05, 0.1) is 6.42 Å². The zero-order valence-electron chi connectivity index (χ0n) is 7.84. The summed E-state index contributed by atoms with van der Waals surface area (Å²) in [6, 6.07) is 3.63. The van der Waals surface area contributed by atoms with Crippen LogP contribution < -0.4 is 5.73 Å². The Bertz CT molecular complexity index is 464. The fourth-order valence-corrected chi connectivity index (χ4v) is 1.16. The van der Waals surface area contributed by atoms with Gasteiger partial charge in [0.25, 0.3) is 0 Å². The highest BCUT2D eigenvalue weighted by molar-refractivity contribution is 5.75. The van der Waals surface area contributed by atoms with Gasteiger partial charge in [-0.25, -0.2) is 4.98 Å². The molecule has 2 aromatic rings. The molecule has 0 aliphatic carbocycles. The molecular weight excluding hydrogens is 194 g/mol. The van der Waals surface area contributed by atoms with Gasteiger partial charge in [0.15, 0.2) is 5.82 Å². The standard InChI is InChI=1S/C9H9N5O/c10-7(15)4-8-12-9(14-13-8)6-2-1-3-11-5-6/h1-3,5H,4H2,(H2,10,15)(H,12,13,14). The molecule has 0 aliphatic heterocycles. The summed E-state index contributed by atoms with van der Waals surface area (Å²) in [5, 5.41) is 6.60. The Morgan fingerprint density at radius 1 is 1.53 bits per heavy atom. The quantitative estimate of drug-likeness (QED) is 0.727. The number of hydrogen-bond donors (Lipinski definition) is 2. The number of rotatable bonds is 3. The molecule has 0 saturated heterocycles. The van der Waals surface area contributed by atoms with Crippen molar-refractivity contribution in [2.75, 3.05) is 0 Å². The van der Waals surface area contributed by atoms with Gasteiger partial charge in [0.1, 0.15) is 5.82 Å². The topological polar surface area (TPSA) is 97.6 Å². The highest BCUT2D eigenvalue weighted by Crippen LogP contribution is 2.11. The number of nitrogens with one attached hydrogen (secondary N) is 1. The van der Waals surface area contributed by atoms with Crippen molar-refractivity contribution < 1.29 is 4.79 Å². The van der Waals surface area contributed by atoms with Crippen LogP contribution >= 0.6 is 0 Å². The van der Waals surface area contributed by atoms with Crippen LogP contribution in [0.4, 0.5) is 0 Å². The van der Waals surface area contributed by atoms with Crippen LogP contribution in [0, 0.1) is 0 Å². The third-order valence-corrected chi connectivity index (χ3v) is 1.79. The maximum absolute atomic E-state index is 10.6. The molecule has 0 aliphatic rings. The molecule has 6 nitrogen and oxygen atoms in total. The van der Waals surface area contributed by atoms with E-state index in [1.54, 1.807) is 18.5 Å². The van der Waals surface area contributed by atoms with Crippen molar-refractivity contribution in [3.63, 3.8) is 0 Å². The van der Waals surface area contributed by atoms with Gasteiger partial charge < -0.3 is 5.73 Å². The van der Waals surface area contributed by atoms with Crippen molar-refractivity contribution >= 4 is 5.91 Å². The molecule has 0 spiro atoms. The lowest BCUT2D eigenvalue weighted by Crippen LogP contribution is -2.14. The maximum Gasteiger partial charge on any atom is 0.225 e. The highest BCUT2D eigenvalue weighted by Gasteiger charge is 2.07. The minimum Gasteiger partial charge on any atom is -0.369 e. The van der Waals surface area contributed by atoms with E-state index in [4.69, 9.17) is 5.73 Å². The molecule has 0 radical (unpaired) electrons. The second-order valence-corrected chi connectivity index (χ2v) is 2.99. The number of amides is 1. The molecule has 0 fully saturated rings. The summed E-state index contributed by atoms with van der Waals surface area (Å²) < 4.78 is 0. The van der Waals surface area contributed by atoms with E-state index < -0.39 is 5.91 Å². The van der Waals surface area contributed by atoms with Crippen molar-refractivity contribution in [3.05, 3.63) is 30.4 Å². The second-order valence-electron chi connectivity index (χ2n) is 2.99. The summed E-state index contributed by atoms with van der Waals surface area (Å²) >= 11 is 0. The van der Waals surface area contributed by atoms with Crippen LogP contribution in [0.2, 0.25) is 0 Å². The first-order valence-electron chi connectivity index (χ1n) is 4.35. The Labute approximate surface area is 85.6 Å². The number of primary amides is 1. The van der Waals surface area contributed by atoms with Gasteiger partial charge in [-0.3, -0.25) is 14.9 Å². The molecule has 0 saturated carbocycles. The average Bonchev–Trinajstić information content (AvgIpc) is 2.67. The molecule has 6 heteroatoms. The number of H-pyrrole nitrogens is 1. The van der Waals surface area contributed by atoms with E-state index in [9.17, 15) is 4.79 Å². The summed E-state index contributed by atoms with van der Waals surface area (Å²) in [4.78, 5) is 18.7. The Morgan fingerprint density at radius 3 is 3.07 bits per heavy atom. The van der Waals surface area contributed by atoms with Gasteiger partial charge in [-0.15, -0.1) is 0 Å². The zero-order valence-corrected chi connectivity index (χ0v) is 7.84. The Morgan fingerprint density at radius 2 is 2.40 bits per heavy atom. The minimum absolute atomic E-state index is 0.0628. The van der Waals surface area contributed by atoms with Gasteiger partial charge in [0.2, 0.25) is 5.91 Å². The van der Waals surface area contributed by atoms with E-state index in [1.807, 2.05) is 6.07 Å². The Hall–Kier alpha value is -2.24. The average molecular weight is 203 g/mol. The molecule has 3 N–H and O–H groups in total. The van der Waals surface area contributed by atoms with Crippen molar-refractivity contribution in [2.24, 2.45) is 5.73 Å². The molecule has 0 atom stereocenters. The highest BCUT2D eigenvalue weighted by atomic mass is 16.1. The van der Waals surface area contributed by atoms with Gasteiger partial charge in [-0.05, 0) is 12.1 Å². The second kappa shape index (κ2) is 3.87.